The van der Waals surface area contributed by atoms with Gasteiger partial charge < -0.3 is 9.15 Å². The Hall–Kier alpha value is -0.390. The number of nitrogens with zero attached hydrogens (tertiary/aromatic N) is 2. The summed E-state index contributed by atoms with van der Waals surface area (Å²) in [5.41, 5.74) is 0.966. The first-order valence-corrected chi connectivity index (χ1v) is 5.04. The standard InChI is InChI=1S/C8H11BrN2O2/c9-8-10-7(6-13-8)5-11-1-3-12-4-2-11/h6H,1-5H2. The lowest BCUT2D eigenvalue weighted by Gasteiger charge is -2.25. The van der Waals surface area contributed by atoms with E-state index in [0.29, 0.717) is 4.80 Å². The van der Waals surface area contributed by atoms with Gasteiger partial charge in [-0.3, -0.25) is 4.90 Å². The van der Waals surface area contributed by atoms with Gasteiger partial charge in [-0.25, -0.2) is 4.98 Å². The maximum Gasteiger partial charge on any atom is 0.264 e. The highest BCUT2D eigenvalue weighted by atomic mass is 79.9. The van der Waals surface area contributed by atoms with Crippen LogP contribution in [-0.2, 0) is 11.3 Å². The van der Waals surface area contributed by atoms with Crippen LogP contribution >= 0.6 is 15.9 Å². The van der Waals surface area contributed by atoms with Crippen molar-refractivity contribution in [3.8, 4) is 0 Å². The fourth-order valence-electron chi connectivity index (χ4n) is 1.34. The van der Waals surface area contributed by atoms with Crippen molar-refractivity contribution in [3.63, 3.8) is 0 Å². The topological polar surface area (TPSA) is 38.5 Å². The predicted octanol–water partition coefficient (Wildman–Crippen LogP) is 1.27. The second kappa shape index (κ2) is 4.21. The third-order valence-corrected chi connectivity index (χ3v) is 2.38. The average molecular weight is 247 g/mol. The highest BCUT2D eigenvalue weighted by Crippen LogP contribution is 2.11. The van der Waals surface area contributed by atoms with Crippen LogP contribution in [-0.4, -0.2) is 36.2 Å². The molecule has 5 heteroatoms. The Morgan fingerprint density at radius 1 is 1.46 bits per heavy atom. The number of oxazole rings is 1. The Bertz CT molecular complexity index is 271. The molecule has 2 heterocycles. The van der Waals surface area contributed by atoms with Crippen LogP contribution in [0.5, 0.6) is 0 Å². The second-order valence-electron chi connectivity index (χ2n) is 2.98. The van der Waals surface area contributed by atoms with E-state index in [1.54, 1.807) is 6.26 Å². The van der Waals surface area contributed by atoms with Crippen molar-refractivity contribution in [1.82, 2.24) is 9.88 Å². The number of halogens is 1. The molecule has 0 saturated carbocycles. The monoisotopic (exact) mass is 246 g/mol. The van der Waals surface area contributed by atoms with Crippen molar-refractivity contribution in [2.45, 2.75) is 6.54 Å². The Kier molecular flexibility index (Phi) is 2.97. The maximum absolute atomic E-state index is 5.25. The molecule has 1 fully saturated rings. The van der Waals surface area contributed by atoms with Gasteiger partial charge in [-0.1, -0.05) is 0 Å². The molecule has 0 N–H and O–H groups in total. The van der Waals surface area contributed by atoms with E-state index in [1.165, 1.54) is 0 Å². The summed E-state index contributed by atoms with van der Waals surface area (Å²) < 4.78 is 10.3. The summed E-state index contributed by atoms with van der Waals surface area (Å²) in [6.45, 7) is 4.44. The van der Waals surface area contributed by atoms with Gasteiger partial charge in [-0.2, -0.15) is 0 Å². The first-order valence-electron chi connectivity index (χ1n) is 4.24. The van der Waals surface area contributed by atoms with Gasteiger partial charge in [0.05, 0.1) is 18.9 Å². The molecule has 1 aliphatic rings. The Morgan fingerprint density at radius 3 is 2.85 bits per heavy atom. The molecule has 0 amide bonds. The Morgan fingerprint density at radius 2 is 2.23 bits per heavy atom. The predicted molar refractivity (Wildman–Crippen MR) is 50.3 cm³/mol. The summed E-state index contributed by atoms with van der Waals surface area (Å²) >= 11 is 3.18. The molecule has 1 aliphatic heterocycles. The lowest BCUT2D eigenvalue weighted by Crippen LogP contribution is -2.35. The normalized spacial score (nSPS) is 19.2. The van der Waals surface area contributed by atoms with Gasteiger partial charge >= 0.3 is 0 Å². The summed E-state index contributed by atoms with van der Waals surface area (Å²) in [6, 6.07) is 0. The highest BCUT2D eigenvalue weighted by Gasteiger charge is 2.12. The van der Waals surface area contributed by atoms with Crippen LogP contribution in [0.1, 0.15) is 5.69 Å². The van der Waals surface area contributed by atoms with Crippen LogP contribution in [0, 0.1) is 0 Å². The molecule has 72 valence electrons. The zero-order valence-corrected chi connectivity index (χ0v) is 8.79. The van der Waals surface area contributed by atoms with E-state index in [4.69, 9.17) is 9.15 Å². The van der Waals surface area contributed by atoms with Crippen LogP contribution < -0.4 is 0 Å². The fraction of sp³-hybridized carbons (Fsp3) is 0.625. The van der Waals surface area contributed by atoms with Crippen LogP contribution in [0.15, 0.2) is 15.5 Å². The number of morpholine rings is 1. The van der Waals surface area contributed by atoms with Crippen molar-refractivity contribution in [2.24, 2.45) is 0 Å². The van der Waals surface area contributed by atoms with E-state index < -0.39 is 0 Å². The minimum absolute atomic E-state index is 0.552. The lowest BCUT2D eigenvalue weighted by atomic mass is 10.3. The van der Waals surface area contributed by atoms with Gasteiger partial charge in [-0.15, -0.1) is 0 Å². The Balaban J connectivity index is 1.89. The quantitative estimate of drug-likeness (QED) is 0.788. The molecule has 1 aromatic rings. The molecule has 0 atom stereocenters. The van der Waals surface area contributed by atoms with Crippen LogP contribution in [0.25, 0.3) is 0 Å². The molecule has 0 aromatic carbocycles. The van der Waals surface area contributed by atoms with Gasteiger partial charge in [0.1, 0.15) is 6.26 Å². The second-order valence-corrected chi connectivity index (χ2v) is 3.66. The van der Waals surface area contributed by atoms with Gasteiger partial charge in [0.15, 0.2) is 0 Å². The van der Waals surface area contributed by atoms with Gasteiger partial charge in [0.25, 0.3) is 4.80 Å². The zero-order chi connectivity index (χ0) is 9.10. The maximum atomic E-state index is 5.25. The smallest absolute Gasteiger partial charge is 0.264 e. The SMILES string of the molecule is Brc1nc(CN2CCOCC2)co1. The van der Waals surface area contributed by atoms with Crippen molar-refractivity contribution in [2.75, 3.05) is 26.3 Å². The van der Waals surface area contributed by atoms with Crippen molar-refractivity contribution in [3.05, 3.63) is 16.8 Å². The van der Waals surface area contributed by atoms with Crippen LogP contribution in [0.3, 0.4) is 0 Å². The molecule has 2 rings (SSSR count). The minimum Gasteiger partial charge on any atom is -0.439 e. The summed E-state index contributed by atoms with van der Waals surface area (Å²) in [5, 5.41) is 0. The molecular formula is C8H11BrN2O2. The summed E-state index contributed by atoms with van der Waals surface area (Å²) in [7, 11) is 0. The van der Waals surface area contributed by atoms with Crippen LogP contribution in [0.2, 0.25) is 0 Å². The molecule has 0 unspecified atom stereocenters. The van der Waals surface area contributed by atoms with Crippen molar-refractivity contribution in [1.29, 1.82) is 0 Å². The van der Waals surface area contributed by atoms with E-state index in [2.05, 4.69) is 25.8 Å². The molecule has 0 spiro atoms. The van der Waals surface area contributed by atoms with Gasteiger partial charge in [0.2, 0.25) is 0 Å². The number of rotatable bonds is 2. The molecule has 0 bridgehead atoms. The number of aromatic nitrogens is 1. The number of hydrogen-bond donors (Lipinski definition) is 0. The average Bonchev–Trinajstić information content (AvgIpc) is 2.53. The number of ether oxygens (including phenoxy) is 1. The summed E-state index contributed by atoms with van der Waals surface area (Å²) in [4.78, 5) is 7.02. The zero-order valence-electron chi connectivity index (χ0n) is 7.20. The third kappa shape index (κ3) is 2.52. The fourth-order valence-corrected chi connectivity index (χ4v) is 1.66. The molecular weight excluding hydrogens is 236 g/mol. The van der Waals surface area contributed by atoms with Crippen molar-refractivity contribution < 1.29 is 9.15 Å². The summed E-state index contributed by atoms with van der Waals surface area (Å²) in [5.74, 6) is 0. The molecule has 1 aromatic heterocycles. The highest BCUT2D eigenvalue weighted by molar-refractivity contribution is 9.10. The molecule has 0 aliphatic carbocycles. The van der Waals surface area contributed by atoms with E-state index in [9.17, 15) is 0 Å². The molecule has 13 heavy (non-hydrogen) atoms. The molecule has 4 nitrogen and oxygen atoms in total. The van der Waals surface area contributed by atoms with E-state index in [1.807, 2.05) is 0 Å². The Labute approximate surface area is 85.0 Å². The number of hydrogen-bond acceptors (Lipinski definition) is 4. The van der Waals surface area contributed by atoms with Crippen molar-refractivity contribution >= 4 is 15.9 Å². The third-order valence-electron chi connectivity index (χ3n) is 2.01. The van der Waals surface area contributed by atoms with Crippen LogP contribution in [0.4, 0.5) is 0 Å². The van der Waals surface area contributed by atoms with E-state index >= 15 is 0 Å². The molecule has 0 radical (unpaired) electrons. The summed E-state index contributed by atoms with van der Waals surface area (Å²) in [6.07, 6.45) is 1.68. The first-order chi connectivity index (χ1) is 6.34. The van der Waals surface area contributed by atoms with Gasteiger partial charge in [-0.05, 0) is 0 Å². The van der Waals surface area contributed by atoms with E-state index in [-0.39, 0.29) is 0 Å². The largest absolute Gasteiger partial charge is 0.439 e. The molecule has 1 saturated heterocycles. The van der Waals surface area contributed by atoms with Gasteiger partial charge in [0, 0.05) is 35.6 Å². The lowest BCUT2D eigenvalue weighted by molar-refractivity contribution is 0.0336. The first kappa shape index (κ1) is 9.18. The van der Waals surface area contributed by atoms with E-state index in [0.717, 1.165) is 38.5 Å². The minimum atomic E-state index is 0.552.